The Kier molecular flexibility index (Phi) is 4.51. The second kappa shape index (κ2) is 5.83. The third-order valence-corrected chi connectivity index (χ3v) is 6.20. The SMILES string of the molecule is Cc1[nH]nc(S(=O)(=O)N(C)C2CCC(C)CC2)c1CO. The van der Waals surface area contributed by atoms with Crippen molar-refractivity contribution >= 4 is 10.0 Å². The molecule has 1 heterocycles. The highest BCUT2D eigenvalue weighted by Gasteiger charge is 2.34. The Morgan fingerprint density at radius 3 is 2.50 bits per heavy atom. The monoisotopic (exact) mass is 301 g/mol. The van der Waals surface area contributed by atoms with Crippen molar-refractivity contribution in [3.05, 3.63) is 11.3 Å². The van der Waals surface area contributed by atoms with Crippen LogP contribution in [0, 0.1) is 12.8 Å². The van der Waals surface area contributed by atoms with Crippen LogP contribution in [0.3, 0.4) is 0 Å². The van der Waals surface area contributed by atoms with Crippen LogP contribution in [0.4, 0.5) is 0 Å². The molecule has 2 rings (SSSR count). The van der Waals surface area contributed by atoms with Gasteiger partial charge in [-0.1, -0.05) is 6.92 Å². The van der Waals surface area contributed by atoms with Gasteiger partial charge in [-0.25, -0.2) is 8.42 Å². The van der Waals surface area contributed by atoms with Crippen LogP contribution < -0.4 is 0 Å². The van der Waals surface area contributed by atoms with Crippen LogP contribution in [-0.2, 0) is 16.6 Å². The molecule has 20 heavy (non-hydrogen) atoms. The first-order valence-electron chi connectivity index (χ1n) is 7.00. The summed E-state index contributed by atoms with van der Waals surface area (Å²) < 4.78 is 26.7. The molecule has 1 aromatic rings. The van der Waals surface area contributed by atoms with Crippen molar-refractivity contribution in [1.82, 2.24) is 14.5 Å². The highest BCUT2D eigenvalue weighted by Crippen LogP contribution is 2.30. The normalized spacial score (nSPS) is 24.2. The van der Waals surface area contributed by atoms with E-state index < -0.39 is 10.0 Å². The fraction of sp³-hybridized carbons (Fsp3) is 0.769. The largest absolute Gasteiger partial charge is 0.392 e. The van der Waals surface area contributed by atoms with Crippen molar-refractivity contribution in [2.24, 2.45) is 5.92 Å². The van der Waals surface area contributed by atoms with E-state index in [0.29, 0.717) is 17.2 Å². The summed E-state index contributed by atoms with van der Waals surface area (Å²) in [6.07, 6.45) is 3.87. The maximum atomic E-state index is 12.6. The fourth-order valence-corrected chi connectivity index (χ4v) is 4.33. The van der Waals surface area contributed by atoms with Gasteiger partial charge < -0.3 is 5.11 Å². The van der Waals surface area contributed by atoms with Gasteiger partial charge in [0.2, 0.25) is 0 Å². The lowest BCUT2D eigenvalue weighted by atomic mass is 9.87. The Labute approximate surface area is 120 Å². The summed E-state index contributed by atoms with van der Waals surface area (Å²) in [6, 6.07) is 0.0275. The first kappa shape index (κ1) is 15.5. The standard InChI is InChI=1S/C13H23N3O3S/c1-9-4-6-11(7-5-9)16(3)20(18,19)13-12(8-17)10(2)14-15-13/h9,11,17H,4-8H2,1-3H3,(H,14,15). The minimum absolute atomic E-state index is 0.0275. The first-order valence-corrected chi connectivity index (χ1v) is 8.44. The summed E-state index contributed by atoms with van der Waals surface area (Å²) in [5, 5.41) is 15.8. The number of aliphatic hydroxyl groups excluding tert-OH is 1. The van der Waals surface area contributed by atoms with Crippen LogP contribution in [-0.4, -0.2) is 41.1 Å². The summed E-state index contributed by atoms with van der Waals surface area (Å²) in [5.41, 5.74) is 0.956. The third kappa shape index (κ3) is 2.75. The topological polar surface area (TPSA) is 86.3 Å². The first-order chi connectivity index (χ1) is 9.37. The van der Waals surface area contributed by atoms with Gasteiger partial charge in [-0.3, -0.25) is 5.10 Å². The van der Waals surface area contributed by atoms with Crippen LogP contribution in [0.25, 0.3) is 0 Å². The molecule has 1 aromatic heterocycles. The van der Waals surface area contributed by atoms with Gasteiger partial charge in [0, 0.05) is 24.3 Å². The number of aliphatic hydroxyl groups is 1. The van der Waals surface area contributed by atoms with Crippen LogP contribution in [0.2, 0.25) is 0 Å². The van der Waals surface area contributed by atoms with Gasteiger partial charge in [0.05, 0.1) is 6.61 Å². The van der Waals surface area contributed by atoms with Crippen molar-refractivity contribution in [2.45, 2.75) is 57.2 Å². The van der Waals surface area contributed by atoms with E-state index in [9.17, 15) is 13.5 Å². The molecular formula is C13H23N3O3S. The van der Waals surface area contributed by atoms with E-state index in [1.807, 2.05) is 0 Å². The Morgan fingerprint density at radius 2 is 1.95 bits per heavy atom. The molecular weight excluding hydrogens is 278 g/mol. The van der Waals surface area contributed by atoms with Crippen LogP contribution in [0.1, 0.15) is 43.9 Å². The molecule has 1 aliphatic rings. The Hall–Kier alpha value is -0.920. The predicted octanol–water partition coefficient (Wildman–Crippen LogP) is 1.41. The molecule has 0 saturated heterocycles. The summed E-state index contributed by atoms with van der Waals surface area (Å²) in [6.45, 7) is 3.58. The number of nitrogens with one attached hydrogen (secondary N) is 1. The maximum absolute atomic E-state index is 12.6. The number of hydrogen-bond acceptors (Lipinski definition) is 4. The van der Waals surface area contributed by atoms with E-state index in [2.05, 4.69) is 17.1 Å². The summed E-state index contributed by atoms with van der Waals surface area (Å²) >= 11 is 0. The molecule has 1 fully saturated rings. The number of aryl methyl sites for hydroxylation is 1. The molecule has 0 amide bonds. The zero-order chi connectivity index (χ0) is 14.9. The summed E-state index contributed by atoms with van der Waals surface area (Å²) in [4.78, 5) is 0. The zero-order valence-corrected chi connectivity index (χ0v) is 13.1. The number of sulfonamides is 1. The molecule has 0 spiro atoms. The van der Waals surface area contributed by atoms with Gasteiger partial charge in [0.25, 0.3) is 10.0 Å². The Balaban J connectivity index is 2.25. The number of hydrogen-bond donors (Lipinski definition) is 2. The molecule has 0 radical (unpaired) electrons. The molecule has 0 aliphatic heterocycles. The zero-order valence-electron chi connectivity index (χ0n) is 12.3. The van der Waals surface area contributed by atoms with Gasteiger partial charge in [-0.05, 0) is 38.5 Å². The average Bonchev–Trinajstić information content (AvgIpc) is 2.80. The molecule has 0 atom stereocenters. The van der Waals surface area contributed by atoms with Gasteiger partial charge in [0.15, 0.2) is 5.03 Å². The lowest BCUT2D eigenvalue weighted by Crippen LogP contribution is -2.39. The Morgan fingerprint density at radius 1 is 1.35 bits per heavy atom. The predicted molar refractivity (Wildman–Crippen MR) is 75.6 cm³/mol. The molecule has 1 aliphatic carbocycles. The number of aromatic amines is 1. The van der Waals surface area contributed by atoms with Crippen LogP contribution >= 0.6 is 0 Å². The van der Waals surface area contributed by atoms with Gasteiger partial charge in [-0.2, -0.15) is 9.40 Å². The minimum Gasteiger partial charge on any atom is -0.392 e. The lowest BCUT2D eigenvalue weighted by molar-refractivity contribution is 0.244. The van der Waals surface area contributed by atoms with Crippen LogP contribution in [0.5, 0.6) is 0 Å². The molecule has 6 nitrogen and oxygen atoms in total. The van der Waals surface area contributed by atoms with E-state index >= 15 is 0 Å². The van der Waals surface area contributed by atoms with Gasteiger partial charge in [0.1, 0.15) is 0 Å². The quantitative estimate of drug-likeness (QED) is 0.880. The van der Waals surface area contributed by atoms with E-state index in [1.54, 1.807) is 14.0 Å². The molecule has 1 saturated carbocycles. The van der Waals surface area contributed by atoms with Gasteiger partial charge in [-0.15, -0.1) is 0 Å². The number of nitrogens with zero attached hydrogens (tertiary/aromatic N) is 2. The second-order valence-electron chi connectivity index (χ2n) is 5.73. The van der Waals surface area contributed by atoms with Crippen molar-refractivity contribution in [1.29, 1.82) is 0 Å². The molecule has 7 heteroatoms. The van der Waals surface area contributed by atoms with E-state index in [4.69, 9.17) is 0 Å². The maximum Gasteiger partial charge on any atom is 0.262 e. The van der Waals surface area contributed by atoms with Crippen molar-refractivity contribution in [2.75, 3.05) is 7.05 Å². The highest BCUT2D eigenvalue weighted by atomic mass is 32.2. The molecule has 0 aromatic carbocycles. The smallest absolute Gasteiger partial charge is 0.262 e. The van der Waals surface area contributed by atoms with Crippen molar-refractivity contribution < 1.29 is 13.5 Å². The molecule has 0 unspecified atom stereocenters. The van der Waals surface area contributed by atoms with Crippen molar-refractivity contribution in [3.8, 4) is 0 Å². The molecule has 114 valence electrons. The number of rotatable bonds is 4. The molecule has 2 N–H and O–H groups in total. The van der Waals surface area contributed by atoms with E-state index in [-0.39, 0.29) is 17.7 Å². The van der Waals surface area contributed by atoms with E-state index in [1.165, 1.54) is 4.31 Å². The fourth-order valence-electron chi connectivity index (χ4n) is 2.77. The lowest BCUT2D eigenvalue weighted by Gasteiger charge is -2.32. The number of H-pyrrole nitrogens is 1. The third-order valence-electron chi connectivity index (χ3n) is 4.32. The Bertz CT molecular complexity index is 559. The van der Waals surface area contributed by atoms with Crippen LogP contribution in [0.15, 0.2) is 5.03 Å². The average molecular weight is 301 g/mol. The summed E-state index contributed by atoms with van der Waals surface area (Å²) in [5.74, 6) is 0.669. The minimum atomic E-state index is -3.65. The number of aromatic nitrogens is 2. The highest BCUT2D eigenvalue weighted by molar-refractivity contribution is 7.89. The van der Waals surface area contributed by atoms with Crippen molar-refractivity contribution in [3.63, 3.8) is 0 Å². The second-order valence-corrected chi connectivity index (χ2v) is 7.64. The summed E-state index contributed by atoms with van der Waals surface area (Å²) in [7, 11) is -2.03. The van der Waals surface area contributed by atoms with E-state index in [0.717, 1.165) is 25.7 Å². The molecule has 0 bridgehead atoms. The van der Waals surface area contributed by atoms with Gasteiger partial charge >= 0.3 is 0 Å².